The van der Waals surface area contributed by atoms with Crippen molar-refractivity contribution >= 4 is 0 Å². The SMILES string of the molecule is CC(C)CCN(CCC(C)C)Cc1ccc(CO)o1. The first-order chi connectivity index (χ1) is 9.01. The molecule has 0 bridgehead atoms. The Labute approximate surface area is 117 Å². The maximum absolute atomic E-state index is 9.03. The van der Waals surface area contributed by atoms with E-state index in [1.54, 1.807) is 0 Å². The molecule has 0 radical (unpaired) electrons. The Balaban J connectivity index is 2.51. The number of furan rings is 1. The second-order valence-electron chi connectivity index (χ2n) is 6.17. The lowest BCUT2D eigenvalue weighted by Crippen LogP contribution is -2.27. The first-order valence-electron chi connectivity index (χ1n) is 7.42. The Hall–Kier alpha value is -0.800. The van der Waals surface area contributed by atoms with Crippen LogP contribution in [0.2, 0.25) is 0 Å². The van der Waals surface area contributed by atoms with Gasteiger partial charge in [-0.05, 0) is 49.9 Å². The molecule has 0 aliphatic heterocycles. The van der Waals surface area contributed by atoms with Crippen molar-refractivity contribution in [2.45, 2.75) is 53.7 Å². The number of aliphatic hydroxyl groups excluding tert-OH is 1. The lowest BCUT2D eigenvalue weighted by atomic mass is 10.1. The number of hydrogen-bond donors (Lipinski definition) is 1. The van der Waals surface area contributed by atoms with Gasteiger partial charge in [0.25, 0.3) is 0 Å². The second kappa shape index (κ2) is 8.39. The number of rotatable bonds is 9. The molecule has 1 aromatic rings. The van der Waals surface area contributed by atoms with Crippen LogP contribution in [0, 0.1) is 11.8 Å². The molecule has 1 aromatic heterocycles. The van der Waals surface area contributed by atoms with Gasteiger partial charge >= 0.3 is 0 Å². The zero-order chi connectivity index (χ0) is 14.3. The lowest BCUT2D eigenvalue weighted by Gasteiger charge is -2.23. The van der Waals surface area contributed by atoms with E-state index in [1.165, 1.54) is 12.8 Å². The summed E-state index contributed by atoms with van der Waals surface area (Å²) in [6, 6.07) is 3.84. The molecule has 3 nitrogen and oxygen atoms in total. The molecule has 0 unspecified atom stereocenters. The topological polar surface area (TPSA) is 36.6 Å². The summed E-state index contributed by atoms with van der Waals surface area (Å²) in [7, 11) is 0. The molecular weight excluding hydrogens is 238 g/mol. The molecule has 1 rings (SSSR count). The smallest absolute Gasteiger partial charge is 0.129 e. The van der Waals surface area contributed by atoms with Crippen molar-refractivity contribution in [3.63, 3.8) is 0 Å². The van der Waals surface area contributed by atoms with Gasteiger partial charge in [-0.2, -0.15) is 0 Å². The number of nitrogens with zero attached hydrogens (tertiary/aromatic N) is 1. The van der Waals surface area contributed by atoms with Crippen molar-refractivity contribution < 1.29 is 9.52 Å². The van der Waals surface area contributed by atoms with Crippen LogP contribution in [0.4, 0.5) is 0 Å². The predicted molar refractivity (Wildman–Crippen MR) is 78.8 cm³/mol. The maximum atomic E-state index is 9.03. The minimum Gasteiger partial charge on any atom is -0.462 e. The summed E-state index contributed by atoms with van der Waals surface area (Å²) in [6.07, 6.45) is 2.43. The van der Waals surface area contributed by atoms with E-state index in [2.05, 4.69) is 32.6 Å². The van der Waals surface area contributed by atoms with Gasteiger partial charge in [0.05, 0.1) is 6.54 Å². The molecule has 0 amide bonds. The number of hydrogen-bond acceptors (Lipinski definition) is 3. The van der Waals surface area contributed by atoms with Gasteiger partial charge in [0.2, 0.25) is 0 Å². The molecule has 3 heteroatoms. The third-order valence-corrected chi connectivity index (χ3v) is 3.30. The fourth-order valence-electron chi connectivity index (χ4n) is 1.96. The van der Waals surface area contributed by atoms with Crippen LogP contribution in [-0.2, 0) is 13.2 Å². The van der Waals surface area contributed by atoms with E-state index in [0.29, 0.717) is 5.76 Å². The molecule has 0 aliphatic rings. The molecule has 0 saturated heterocycles. The molecular formula is C16H29NO2. The van der Waals surface area contributed by atoms with E-state index in [1.807, 2.05) is 12.1 Å². The van der Waals surface area contributed by atoms with Crippen LogP contribution in [0.15, 0.2) is 16.5 Å². The third kappa shape index (κ3) is 6.79. The van der Waals surface area contributed by atoms with Gasteiger partial charge in [-0.1, -0.05) is 27.7 Å². The fourth-order valence-corrected chi connectivity index (χ4v) is 1.96. The highest BCUT2D eigenvalue weighted by atomic mass is 16.4. The van der Waals surface area contributed by atoms with Crippen LogP contribution in [0.5, 0.6) is 0 Å². The highest BCUT2D eigenvalue weighted by molar-refractivity contribution is 5.06. The zero-order valence-electron chi connectivity index (χ0n) is 12.9. The summed E-state index contributed by atoms with van der Waals surface area (Å²) in [5.74, 6) is 3.07. The summed E-state index contributed by atoms with van der Waals surface area (Å²) in [5.41, 5.74) is 0. The van der Waals surface area contributed by atoms with Gasteiger partial charge in [0.15, 0.2) is 0 Å². The third-order valence-electron chi connectivity index (χ3n) is 3.30. The first kappa shape index (κ1) is 16.3. The summed E-state index contributed by atoms with van der Waals surface area (Å²) in [4.78, 5) is 2.46. The van der Waals surface area contributed by atoms with E-state index in [0.717, 1.165) is 37.2 Å². The summed E-state index contributed by atoms with van der Waals surface area (Å²) < 4.78 is 5.59. The van der Waals surface area contributed by atoms with E-state index in [-0.39, 0.29) is 6.61 Å². The molecule has 0 atom stereocenters. The van der Waals surface area contributed by atoms with E-state index in [4.69, 9.17) is 9.52 Å². The highest BCUT2D eigenvalue weighted by Crippen LogP contribution is 2.13. The molecule has 110 valence electrons. The average Bonchev–Trinajstić information content (AvgIpc) is 2.80. The number of aliphatic hydroxyl groups is 1. The van der Waals surface area contributed by atoms with Gasteiger partial charge in [0, 0.05) is 0 Å². The Morgan fingerprint density at radius 3 is 1.95 bits per heavy atom. The molecule has 0 fully saturated rings. The van der Waals surface area contributed by atoms with Gasteiger partial charge < -0.3 is 9.52 Å². The maximum Gasteiger partial charge on any atom is 0.129 e. The van der Waals surface area contributed by atoms with Crippen LogP contribution in [0.1, 0.15) is 52.1 Å². The molecule has 0 spiro atoms. The lowest BCUT2D eigenvalue weighted by molar-refractivity contribution is 0.205. The van der Waals surface area contributed by atoms with E-state index in [9.17, 15) is 0 Å². The van der Waals surface area contributed by atoms with Crippen LogP contribution in [-0.4, -0.2) is 23.1 Å². The van der Waals surface area contributed by atoms with Crippen molar-refractivity contribution in [1.82, 2.24) is 4.90 Å². The average molecular weight is 267 g/mol. The van der Waals surface area contributed by atoms with Gasteiger partial charge in [-0.25, -0.2) is 0 Å². The van der Waals surface area contributed by atoms with Crippen molar-refractivity contribution in [1.29, 1.82) is 0 Å². The van der Waals surface area contributed by atoms with Gasteiger partial charge in [-0.3, -0.25) is 4.90 Å². The van der Waals surface area contributed by atoms with E-state index < -0.39 is 0 Å². The van der Waals surface area contributed by atoms with Crippen molar-refractivity contribution in [3.05, 3.63) is 23.7 Å². The summed E-state index contributed by atoms with van der Waals surface area (Å²) >= 11 is 0. The molecule has 0 aliphatic carbocycles. The minimum absolute atomic E-state index is 0.0159. The largest absolute Gasteiger partial charge is 0.462 e. The van der Waals surface area contributed by atoms with Crippen LogP contribution in [0.25, 0.3) is 0 Å². The predicted octanol–water partition coefficient (Wildman–Crippen LogP) is 3.67. The quantitative estimate of drug-likeness (QED) is 0.741. The van der Waals surface area contributed by atoms with Crippen LogP contribution < -0.4 is 0 Å². The molecule has 0 saturated carbocycles. The Morgan fingerprint density at radius 1 is 1.00 bits per heavy atom. The standard InChI is InChI=1S/C16H29NO2/c1-13(2)7-9-17(10-8-14(3)4)11-15-5-6-16(12-18)19-15/h5-6,13-14,18H,7-12H2,1-4H3. The van der Waals surface area contributed by atoms with Crippen LogP contribution >= 0.6 is 0 Å². The zero-order valence-corrected chi connectivity index (χ0v) is 12.9. The van der Waals surface area contributed by atoms with Gasteiger partial charge in [-0.15, -0.1) is 0 Å². The Bertz CT molecular complexity index is 332. The monoisotopic (exact) mass is 267 g/mol. The van der Waals surface area contributed by atoms with Crippen molar-refractivity contribution in [3.8, 4) is 0 Å². The van der Waals surface area contributed by atoms with Crippen molar-refractivity contribution in [2.24, 2.45) is 11.8 Å². The fraction of sp³-hybridized carbons (Fsp3) is 0.750. The summed E-state index contributed by atoms with van der Waals surface area (Å²) in [6.45, 7) is 12.1. The molecule has 19 heavy (non-hydrogen) atoms. The Kier molecular flexibility index (Phi) is 7.17. The van der Waals surface area contributed by atoms with Gasteiger partial charge in [0.1, 0.15) is 18.1 Å². The molecule has 1 heterocycles. The normalized spacial score (nSPS) is 12.0. The van der Waals surface area contributed by atoms with Crippen LogP contribution in [0.3, 0.4) is 0 Å². The second-order valence-corrected chi connectivity index (χ2v) is 6.17. The Morgan fingerprint density at radius 2 is 1.53 bits per heavy atom. The van der Waals surface area contributed by atoms with E-state index >= 15 is 0 Å². The molecule has 1 N–H and O–H groups in total. The van der Waals surface area contributed by atoms with Crippen molar-refractivity contribution in [2.75, 3.05) is 13.1 Å². The minimum atomic E-state index is -0.0159. The summed E-state index contributed by atoms with van der Waals surface area (Å²) in [5, 5.41) is 9.03. The first-order valence-corrected chi connectivity index (χ1v) is 7.42. The highest BCUT2D eigenvalue weighted by Gasteiger charge is 2.10. The molecule has 0 aromatic carbocycles.